The fourth-order valence-electron chi connectivity index (χ4n) is 9.70. The van der Waals surface area contributed by atoms with E-state index in [0.29, 0.717) is 12.8 Å². The first kappa shape index (κ1) is 58.2. The van der Waals surface area contributed by atoms with E-state index in [0.717, 1.165) is 0 Å². The fraction of sp³-hybridized carbons (Fsp3) is 0.977. The van der Waals surface area contributed by atoms with E-state index in [1.165, 1.54) is 7.11 Å². The Morgan fingerprint density at radius 2 is 0.836 bits per heavy atom. The zero-order chi connectivity index (χ0) is 49.9. The largest absolute Gasteiger partial charge is 0.479 e. The van der Waals surface area contributed by atoms with Crippen LogP contribution in [0.25, 0.3) is 0 Å². The predicted molar refractivity (Wildman–Crippen MR) is 226 cm³/mol. The van der Waals surface area contributed by atoms with Crippen molar-refractivity contribution in [2.75, 3.05) is 73.2 Å². The number of aliphatic hydroxyl groups excluding tert-OH is 13. The van der Waals surface area contributed by atoms with Crippen LogP contribution >= 0.6 is 0 Å². The van der Waals surface area contributed by atoms with E-state index in [9.17, 15) is 76.3 Å². The Labute approximate surface area is 389 Å². The molecule has 0 amide bonds. The minimum atomic E-state index is -1.39. The van der Waals surface area contributed by atoms with Gasteiger partial charge >= 0.3 is 5.97 Å². The van der Waals surface area contributed by atoms with Crippen molar-refractivity contribution in [3.63, 3.8) is 0 Å². The zero-order valence-corrected chi connectivity index (χ0v) is 38.8. The van der Waals surface area contributed by atoms with Crippen molar-refractivity contribution in [1.29, 1.82) is 0 Å². The standard InChI is InChI=1S/C25H46O14.C18H32O10/c1-11-13(22(30)23(31)17(5-27)37-11)7-35-9-18-21(29)15(14(6-34-3)16(4-26)39-18)8-36-10-19-24(32)25(33)20(28)12(2)38-19;1-3-8-13(20)11(5-19)27-12(14(8)21)7-26-6-9-15(22)16(23)10(4-2)28-17(9)18(24)25/h11-33H,4-10H2,1-3H3;8-17,19-23H,3-7H2,1-2H3,(H,24,25)/t11?,12?,13-,14-,15+,16?,17-,18-,19-,20+,21?,22-,23?,24?,25-;8-,9+,10+,11?,12+,13+,14?,15-,16?,17?/m01/s1. The average molecular weight is 979 g/mol. The molecule has 25 atom stereocenters. The van der Waals surface area contributed by atoms with Crippen LogP contribution in [0.1, 0.15) is 40.5 Å². The van der Waals surface area contributed by atoms with E-state index < -0.39 is 171 Å². The third kappa shape index (κ3) is 14.2. The molecule has 5 heterocycles. The molecule has 5 aliphatic heterocycles. The molecule has 24 heteroatoms. The van der Waals surface area contributed by atoms with Gasteiger partial charge in [0.05, 0.1) is 121 Å². The third-order valence-electron chi connectivity index (χ3n) is 14.0. The highest BCUT2D eigenvalue weighted by Gasteiger charge is 2.50. The molecule has 5 fully saturated rings. The van der Waals surface area contributed by atoms with E-state index >= 15 is 0 Å². The van der Waals surface area contributed by atoms with E-state index in [1.54, 1.807) is 27.7 Å². The van der Waals surface area contributed by atoms with Crippen LogP contribution in [0.4, 0.5) is 0 Å². The number of methoxy groups -OCH3 is 1. The van der Waals surface area contributed by atoms with E-state index in [-0.39, 0.29) is 52.9 Å². The predicted octanol–water partition coefficient (Wildman–Crippen LogP) is -5.88. The second-order valence-electron chi connectivity index (χ2n) is 18.3. The number of carbonyl (C=O) groups is 1. The second-order valence-corrected chi connectivity index (χ2v) is 18.3. The molecule has 0 aliphatic carbocycles. The summed E-state index contributed by atoms with van der Waals surface area (Å²) in [4.78, 5) is 11.5. The molecule has 0 radical (unpaired) electrons. The van der Waals surface area contributed by atoms with Gasteiger partial charge in [0.25, 0.3) is 0 Å². The topological polar surface area (TPSA) is 383 Å². The maximum atomic E-state index is 11.5. The maximum absolute atomic E-state index is 11.5. The fourth-order valence-corrected chi connectivity index (χ4v) is 9.70. The minimum Gasteiger partial charge on any atom is -0.479 e. The Balaban J connectivity index is 0.000000309. The Bertz CT molecular complexity index is 1420. The number of ether oxygens (including phenoxy) is 9. The average Bonchev–Trinajstić information content (AvgIpc) is 3.30. The first-order valence-corrected chi connectivity index (χ1v) is 23.2. The van der Waals surface area contributed by atoms with Crippen LogP contribution in [-0.4, -0.2) is 273 Å². The molecule has 394 valence electrons. The van der Waals surface area contributed by atoms with Crippen LogP contribution in [-0.2, 0) is 47.4 Å². The van der Waals surface area contributed by atoms with Gasteiger partial charge in [0.15, 0.2) is 6.10 Å². The molecule has 0 aromatic rings. The van der Waals surface area contributed by atoms with Crippen molar-refractivity contribution in [2.24, 2.45) is 29.6 Å². The summed E-state index contributed by atoms with van der Waals surface area (Å²) in [6, 6.07) is 0. The summed E-state index contributed by atoms with van der Waals surface area (Å²) in [6.07, 6.45) is -19.7. The highest BCUT2D eigenvalue weighted by Crippen LogP contribution is 2.35. The van der Waals surface area contributed by atoms with Crippen LogP contribution in [0.3, 0.4) is 0 Å². The van der Waals surface area contributed by atoms with Gasteiger partial charge in [0.1, 0.15) is 61.0 Å². The van der Waals surface area contributed by atoms with Gasteiger partial charge in [-0.2, -0.15) is 0 Å². The number of hydrogen-bond donors (Lipinski definition) is 14. The van der Waals surface area contributed by atoms with Crippen molar-refractivity contribution < 1.29 is 119 Å². The summed E-state index contributed by atoms with van der Waals surface area (Å²) >= 11 is 0. The zero-order valence-electron chi connectivity index (χ0n) is 38.8. The molecule has 0 aromatic heterocycles. The molecule has 24 nitrogen and oxygen atoms in total. The molecule has 14 N–H and O–H groups in total. The van der Waals surface area contributed by atoms with Crippen molar-refractivity contribution in [2.45, 2.75) is 163 Å². The Morgan fingerprint density at radius 3 is 1.36 bits per heavy atom. The molecule has 67 heavy (non-hydrogen) atoms. The normalized spacial score (nSPS) is 46.1. The highest BCUT2D eigenvalue weighted by atomic mass is 16.6. The van der Waals surface area contributed by atoms with Crippen molar-refractivity contribution in [1.82, 2.24) is 0 Å². The monoisotopic (exact) mass is 978 g/mol. The summed E-state index contributed by atoms with van der Waals surface area (Å²) in [7, 11) is 1.49. The summed E-state index contributed by atoms with van der Waals surface area (Å²) < 4.78 is 50.3. The molecule has 0 aromatic carbocycles. The Morgan fingerprint density at radius 1 is 0.403 bits per heavy atom. The van der Waals surface area contributed by atoms with E-state index in [1.807, 2.05) is 0 Å². The summed E-state index contributed by atoms with van der Waals surface area (Å²) in [5, 5.41) is 141. The van der Waals surface area contributed by atoms with Crippen LogP contribution in [0, 0.1) is 29.6 Å². The number of hydrogen-bond acceptors (Lipinski definition) is 23. The van der Waals surface area contributed by atoms with Crippen LogP contribution in [0.5, 0.6) is 0 Å². The molecule has 0 spiro atoms. The smallest absolute Gasteiger partial charge is 0.333 e. The first-order chi connectivity index (χ1) is 31.8. The van der Waals surface area contributed by atoms with Gasteiger partial charge < -0.3 is 114 Å². The van der Waals surface area contributed by atoms with Gasteiger partial charge in [0.2, 0.25) is 0 Å². The quantitative estimate of drug-likeness (QED) is 0.0540. The molecule has 5 aliphatic rings. The number of aliphatic carboxylic acids is 1. The second kappa shape index (κ2) is 27.4. The van der Waals surface area contributed by atoms with E-state index in [2.05, 4.69) is 0 Å². The van der Waals surface area contributed by atoms with Gasteiger partial charge in [-0.05, 0) is 26.7 Å². The van der Waals surface area contributed by atoms with Gasteiger partial charge in [-0.3, -0.25) is 0 Å². The first-order valence-electron chi connectivity index (χ1n) is 23.2. The maximum Gasteiger partial charge on any atom is 0.333 e. The number of carboxylic acid groups (broad SMARTS) is 1. The van der Waals surface area contributed by atoms with Gasteiger partial charge in [-0.15, -0.1) is 0 Å². The van der Waals surface area contributed by atoms with Crippen LogP contribution in [0.15, 0.2) is 0 Å². The highest BCUT2D eigenvalue weighted by molar-refractivity contribution is 5.73. The lowest BCUT2D eigenvalue weighted by Crippen LogP contribution is -2.58. The lowest BCUT2D eigenvalue weighted by molar-refractivity contribution is -0.241. The van der Waals surface area contributed by atoms with Gasteiger partial charge in [-0.1, -0.05) is 13.8 Å². The molecule has 0 bridgehead atoms. The molecule has 5 saturated heterocycles. The summed E-state index contributed by atoms with van der Waals surface area (Å²) in [6.45, 7) is 5.18. The van der Waals surface area contributed by atoms with Crippen LogP contribution < -0.4 is 0 Å². The lowest BCUT2D eigenvalue weighted by atomic mass is 9.80. The molecular weight excluding hydrogens is 900 g/mol. The van der Waals surface area contributed by atoms with Gasteiger partial charge in [-0.25, -0.2) is 4.79 Å². The molecule has 5 rings (SSSR count). The van der Waals surface area contributed by atoms with E-state index in [4.69, 9.17) is 42.6 Å². The SMILES string of the molecule is CC[C@@H]1OC(C(=O)O)[C@@H](COC[C@@H]2OC(CO)[C@@H](O)[C@@H](CC)C2O)[C@@H](O)C1O.COC[C@@H]1C(CO)O[C@@H](COC[C@H]2C(C)O[C@@H](CO)C(O)[C@H]2O)C(O)[C@@H]1COC[C@@H]1OC(C)[C@@H](O)[C@H](O)C1O. The van der Waals surface area contributed by atoms with Crippen LogP contribution in [0.2, 0.25) is 0 Å². The molecule has 0 saturated carbocycles. The third-order valence-corrected chi connectivity index (χ3v) is 14.0. The Kier molecular flexibility index (Phi) is 23.8. The lowest BCUT2D eigenvalue weighted by Gasteiger charge is -2.45. The number of rotatable bonds is 20. The molecular formula is C43H78O24. The number of aliphatic hydroxyl groups is 13. The minimum absolute atomic E-state index is 0.00782. The van der Waals surface area contributed by atoms with Crippen molar-refractivity contribution >= 4 is 5.97 Å². The van der Waals surface area contributed by atoms with Crippen molar-refractivity contribution in [3.05, 3.63) is 0 Å². The summed E-state index contributed by atoms with van der Waals surface area (Å²) in [5.74, 6) is -4.35. The number of carboxylic acids is 1. The van der Waals surface area contributed by atoms with Crippen molar-refractivity contribution in [3.8, 4) is 0 Å². The summed E-state index contributed by atoms with van der Waals surface area (Å²) in [5.41, 5.74) is 0. The Hall–Kier alpha value is -1.41. The molecule has 10 unspecified atom stereocenters. The van der Waals surface area contributed by atoms with Gasteiger partial charge in [0, 0.05) is 36.7 Å².